The lowest BCUT2D eigenvalue weighted by Crippen LogP contribution is -2.50. The van der Waals surface area contributed by atoms with Crippen molar-refractivity contribution in [2.45, 2.75) is 88.1 Å². The Balaban J connectivity index is 1.27. The molecule has 0 radical (unpaired) electrons. The van der Waals surface area contributed by atoms with E-state index in [0.29, 0.717) is 58.7 Å². The van der Waals surface area contributed by atoms with E-state index in [4.69, 9.17) is 36.8 Å². The Hall–Kier alpha value is -3.68. The third kappa shape index (κ3) is 3.91. The fraction of sp³-hybridized carbons (Fsp3) is 0.514. The lowest BCUT2D eigenvalue weighted by molar-refractivity contribution is 0.107. The molecule has 238 valence electrons. The molecule has 1 spiro atoms. The quantitative estimate of drug-likeness (QED) is 0.349. The Morgan fingerprint density at radius 1 is 1.17 bits per heavy atom. The molecule has 3 saturated heterocycles. The Morgan fingerprint density at radius 2 is 2.02 bits per heavy atom. The third-order valence-electron chi connectivity index (χ3n) is 11.5. The van der Waals surface area contributed by atoms with Crippen molar-refractivity contribution in [3.05, 3.63) is 45.4 Å². The summed E-state index contributed by atoms with van der Waals surface area (Å²) in [7, 11) is 0. The lowest BCUT2D eigenvalue weighted by Gasteiger charge is -2.39. The molecule has 1 aromatic heterocycles. The summed E-state index contributed by atoms with van der Waals surface area (Å²) in [6.45, 7) is 4.20. The molecule has 0 unspecified atom stereocenters. The summed E-state index contributed by atoms with van der Waals surface area (Å²) in [5, 5.41) is 10.7. The molecule has 2 aromatic carbocycles. The summed E-state index contributed by atoms with van der Waals surface area (Å²) in [6, 6.07) is 6.09. The van der Waals surface area contributed by atoms with Gasteiger partial charge in [0.1, 0.15) is 35.8 Å². The first-order valence-corrected chi connectivity index (χ1v) is 16.8. The Bertz CT molecular complexity index is 1920. The molecule has 4 fully saturated rings. The number of piperidine rings is 1. The van der Waals surface area contributed by atoms with E-state index in [0.717, 1.165) is 69.2 Å². The number of nitriles is 1. The number of rotatable bonds is 4. The molecule has 8 nitrogen and oxygen atoms in total. The highest BCUT2D eigenvalue weighted by Crippen LogP contribution is 2.58. The molecule has 4 aliphatic heterocycles. The second kappa shape index (κ2) is 9.91. The minimum atomic E-state index is -0.894. The molecule has 2 N–H and O–H groups in total. The van der Waals surface area contributed by atoms with Gasteiger partial charge in [-0.2, -0.15) is 15.2 Å². The van der Waals surface area contributed by atoms with Gasteiger partial charge in [0.05, 0.1) is 27.6 Å². The topological polar surface area (TPSA) is 101 Å². The number of hydrogen-bond donors (Lipinski definition) is 1. The van der Waals surface area contributed by atoms with E-state index in [1.807, 2.05) is 13.0 Å². The van der Waals surface area contributed by atoms with Crippen molar-refractivity contribution in [2.75, 3.05) is 31.1 Å². The normalized spacial score (nSPS) is 27.3. The molecule has 3 atom stereocenters. The average molecular weight is 645 g/mol. The van der Waals surface area contributed by atoms with E-state index in [2.05, 4.69) is 15.9 Å². The number of benzene rings is 2. The second-order valence-corrected chi connectivity index (χ2v) is 14.5. The largest absolute Gasteiger partial charge is 0.483 e. The van der Waals surface area contributed by atoms with E-state index >= 15 is 4.39 Å². The number of anilines is 1. The molecular formula is C35H35ClF2N6O2. The van der Waals surface area contributed by atoms with Crippen molar-refractivity contribution >= 4 is 33.9 Å². The van der Waals surface area contributed by atoms with Crippen LogP contribution in [0.25, 0.3) is 27.6 Å². The second-order valence-electron chi connectivity index (χ2n) is 14.1. The van der Waals surface area contributed by atoms with Crippen molar-refractivity contribution in [1.29, 1.82) is 5.26 Å². The highest BCUT2D eigenvalue weighted by Gasteiger charge is 2.57. The van der Waals surface area contributed by atoms with Crippen LogP contribution in [0, 0.1) is 24.1 Å². The number of nitrogens with two attached hydrogens (primary N) is 1. The first kappa shape index (κ1) is 28.5. The predicted octanol–water partition coefficient (Wildman–Crippen LogP) is 6.39. The summed E-state index contributed by atoms with van der Waals surface area (Å²) in [6.07, 6.45) is 6.46. The molecule has 46 heavy (non-hydrogen) atoms. The molecule has 9 rings (SSSR count). The first-order chi connectivity index (χ1) is 22.2. The van der Waals surface area contributed by atoms with Crippen LogP contribution in [0.1, 0.15) is 68.1 Å². The molecular weight excluding hydrogens is 610 g/mol. The Kier molecular flexibility index (Phi) is 6.15. The van der Waals surface area contributed by atoms with Crippen molar-refractivity contribution in [2.24, 2.45) is 5.73 Å². The zero-order valence-corrected chi connectivity index (χ0v) is 26.5. The van der Waals surface area contributed by atoms with Crippen LogP contribution in [0.2, 0.25) is 5.02 Å². The van der Waals surface area contributed by atoms with Gasteiger partial charge in [-0.3, -0.25) is 4.90 Å². The van der Waals surface area contributed by atoms with Crippen molar-refractivity contribution in [1.82, 2.24) is 14.9 Å². The highest BCUT2D eigenvalue weighted by molar-refractivity contribution is 6.37. The molecule has 0 bridgehead atoms. The zero-order valence-electron chi connectivity index (χ0n) is 25.8. The first-order valence-electron chi connectivity index (χ1n) is 16.5. The summed E-state index contributed by atoms with van der Waals surface area (Å²) in [5.41, 5.74) is 9.40. The maximum atomic E-state index is 17.3. The monoisotopic (exact) mass is 644 g/mol. The number of fused-ring (bicyclic) bond motifs is 5. The summed E-state index contributed by atoms with van der Waals surface area (Å²) in [5.74, 6) is 0.323. The molecule has 1 saturated carbocycles. The fourth-order valence-electron chi connectivity index (χ4n) is 9.09. The van der Waals surface area contributed by atoms with Gasteiger partial charge < -0.3 is 20.1 Å². The molecule has 0 amide bonds. The van der Waals surface area contributed by atoms with Crippen LogP contribution in [0.4, 0.5) is 14.6 Å². The van der Waals surface area contributed by atoms with E-state index < -0.39 is 23.1 Å². The number of alkyl halides is 1. The smallest absolute Gasteiger partial charge is 0.319 e. The molecule has 11 heteroatoms. The predicted molar refractivity (Wildman–Crippen MR) is 171 cm³/mol. The SMILES string of the molecule is Cc1ccc(-c2c(Cl)c3c4c(nc(OC[C@@]56CCCN5C[C@H](F)C6)nc4c2F)N2CCCC[C@H]2C2(CC2)O3)c2c1CC(N)=C2C#N. The number of ether oxygens (including phenoxy) is 2. The van der Waals surface area contributed by atoms with E-state index in [1.54, 1.807) is 6.07 Å². The minimum Gasteiger partial charge on any atom is -0.483 e. The number of nitrogens with zero attached hydrogens (tertiary/aromatic N) is 5. The van der Waals surface area contributed by atoms with Gasteiger partial charge in [0.25, 0.3) is 0 Å². The lowest BCUT2D eigenvalue weighted by atomic mass is 9.90. The Labute approximate surface area is 271 Å². The number of halogens is 3. The Morgan fingerprint density at radius 3 is 2.83 bits per heavy atom. The van der Waals surface area contributed by atoms with Gasteiger partial charge in [0.15, 0.2) is 11.6 Å². The number of aromatic nitrogens is 2. The maximum Gasteiger partial charge on any atom is 0.319 e. The van der Waals surface area contributed by atoms with E-state index in [9.17, 15) is 9.65 Å². The van der Waals surface area contributed by atoms with Crippen LogP contribution in [-0.4, -0.2) is 64.5 Å². The van der Waals surface area contributed by atoms with E-state index in [-0.39, 0.29) is 34.8 Å². The highest BCUT2D eigenvalue weighted by atomic mass is 35.5. The molecule has 6 aliphatic rings. The van der Waals surface area contributed by atoms with Gasteiger partial charge >= 0.3 is 6.01 Å². The fourth-order valence-corrected chi connectivity index (χ4v) is 9.41. The van der Waals surface area contributed by atoms with Crippen LogP contribution < -0.4 is 20.1 Å². The van der Waals surface area contributed by atoms with Crippen LogP contribution in [-0.2, 0) is 6.42 Å². The standard InChI is InChI=1S/C35H35ClF2N6O2/c1-18-6-7-20(25-21(18)13-23(40)22(25)15-39)26-28(36)31-27-30(29(26)38)41-33(45-17-34-8-4-11-43(34)16-19(37)14-34)42-32(27)44-12-3-2-5-24(44)35(46-31)9-10-35/h6-7,19,24H,2-5,8-14,16-17,40H2,1H3/t19-,24+,34+/m1/s1. The van der Waals surface area contributed by atoms with Gasteiger partial charge in [0, 0.05) is 42.8 Å². The van der Waals surface area contributed by atoms with Crippen molar-refractivity contribution in [3.8, 4) is 29.0 Å². The van der Waals surface area contributed by atoms with E-state index in [1.165, 1.54) is 0 Å². The average Bonchev–Trinajstić information content (AvgIpc) is 3.50. The van der Waals surface area contributed by atoms with Gasteiger partial charge in [0.2, 0.25) is 0 Å². The number of allylic oxidation sites excluding steroid dienone is 2. The van der Waals surface area contributed by atoms with Crippen molar-refractivity contribution in [3.63, 3.8) is 0 Å². The maximum absolute atomic E-state index is 17.3. The summed E-state index contributed by atoms with van der Waals surface area (Å²) >= 11 is 7.25. The number of hydrogen-bond acceptors (Lipinski definition) is 8. The van der Waals surface area contributed by atoms with Gasteiger partial charge in [-0.1, -0.05) is 23.7 Å². The molecule has 2 aliphatic carbocycles. The number of aryl methyl sites for hydroxylation is 1. The summed E-state index contributed by atoms with van der Waals surface area (Å²) in [4.78, 5) is 14.1. The van der Waals surface area contributed by atoms with Crippen LogP contribution in [0.5, 0.6) is 11.8 Å². The summed E-state index contributed by atoms with van der Waals surface area (Å²) < 4.78 is 45.1. The van der Waals surface area contributed by atoms with Gasteiger partial charge in [-0.05, 0) is 75.1 Å². The van der Waals surface area contributed by atoms with Crippen LogP contribution >= 0.6 is 11.6 Å². The zero-order chi connectivity index (χ0) is 31.5. The third-order valence-corrected chi connectivity index (χ3v) is 11.8. The molecule has 3 aromatic rings. The van der Waals surface area contributed by atoms with Crippen LogP contribution in [0.3, 0.4) is 0 Å². The van der Waals surface area contributed by atoms with Gasteiger partial charge in [-0.15, -0.1) is 0 Å². The van der Waals surface area contributed by atoms with Gasteiger partial charge in [-0.25, -0.2) is 8.78 Å². The van der Waals surface area contributed by atoms with Crippen molar-refractivity contribution < 1.29 is 18.3 Å². The molecule has 5 heterocycles. The van der Waals surface area contributed by atoms with Crippen LogP contribution in [0.15, 0.2) is 17.8 Å². The minimum absolute atomic E-state index is 0.0600.